The molecule has 0 aliphatic carbocycles. The van der Waals surface area contributed by atoms with Crippen LogP contribution in [0.4, 0.5) is 16.0 Å². The molecule has 0 aliphatic rings. The molecule has 3 rings (SSSR count). The first-order valence-corrected chi connectivity index (χ1v) is 8.40. The third-order valence-corrected chi connectivity index (χ3v) is 3.85. The Kier molecular flexibility index (Phi) is 5.94. The fourth-order valence-corrected chi connectivity index (χ4v) is 2.42. The second-order valence-electron chi connectivity index (χ2n) is 5.78. The molecule has 6 nitrogen and oxygen atoms in total. The highest BCUT2D eigenvalue weighted by molar-refractivity contribution is 6.03. The van der Waals surface area contributed by atoms with E-state index in [1.807, 2.05) is 24.3 Å². The second-order valence-corrected chi connectivity index (χ2v) is 5.78. The zero-order valence-corrected chi connectivity index (χ0v) is 14.8. The molecule has 0 aliphatic heterocycles. The number of halogens is 1. The number of nitrogens with one attached hydrogen (secondary N) is 2. The molecule has 27 heavy (non-hydrogen) atoms. The van der Waals surface area contributed by atoms with Gasteiger partial charge in [0.1, 0.15) is 11.6 Å². The van der Waals surface area contributed by atoms with Crippen LogP contribution in [0, 0.1) is 5.82 Å². The van der Waals surface area contributed by atoms with E-state index in [1.54, 1.807) is 7.11 Å². The van der Waals surface area contributed by atoms with Crippen LogP contribution >= 0.6 is 0 Å². The lowest BCUT2D eigenvalue weighted by Crippen LogP contribution is -2.14. The number of amides is 1. The maximum Gasteiger partial charge on any atom is 0.258 e. The largest absolute Gasteiger partial charge is 0.497 e. The molecule has 7 heteroatoms. The summed E-state index contributed by atoms with van der Waals surface area (Å²) < 4.78 is 18.1. The Labute approximate surface area is 156 Å². The Morgan fingerprint density at radius 2 is 1.85 bits per heavy atom. The minimum atomic E-state index is -0.360. The van der Waals surface area contributed by atoms with Crippen molar-refractivity contribution in [1.29, 1.82) is 0 Å². The zero-order valence-electron chi connectivity index (χ0n) is 14.8. The van der Waals surface area contributed by atoms with Gasteiger partial charge in [-0.1, -0.05) is 12.1 Å². The normalized spacial score (nSPS) is 10.3. The number of aromatic nitrogens is 2. The van der Waals surface area contributed by atoms with Gasteiger partial charge in [0, 0.05) is 24.6 Å². The molecule has 1 amide bonds. The summed E-state index contributed by atoms with van der Waals surface area (Å²) in [6.45, 7) is 0.647. The molecule has 0 radical (unpaired) electrons. The molecule has 3 aromatic rings. The van der Waals surface area contributed by atoms with Crippen molar-refractivity contribution >= 4 is 17.5 Å². The van der Waals surface area contributed by atoms with Crippen LogP contribution < -0.4 is 15.4 Å². The van der Waals surface area contributed by atoms with Crippen molar-refractivity contribution in [3.8, 4) is 5.75 Å². The van der Waals surface area contributed by atoms with Crippen LogP contribution in [-0.2, 0) is 6.42 Å². The smallest absolute Gasteiger partial charge is 0.258 e. The first-order valence-electron chi connectivity index (χ1n) is 8.40. The Balaban J connectivity index is 1.52. The first kappa shape index (κ1) is 18.3. The minimum Gasteiger partial charge on any atom is -0.497 e. The minimum absolute atomic E-state index is 0.317. The van der Waals surface area contributed by atoms with Crippen LogP contribution in [0.25, 0.3) is 0 Å². The molecule has 0 atom stereocenters. The fourth-order valence-electron chi connectivity index (χ4n) is 2.42. The number of carbonyl (C=O) groups is 1. The quantitative estimate of drug-likeness (QED) is 0.669. The van der Waals surface area contributed by atoms with Crippen LogP contribution in [0.2, 0.25) is 0 Å². The zero-order chi connectivity index (χ0) is 19.1. The van der Waals surface area contributed by atoms with Crippen LogP contribution in [0.5, 0.6) is 5.75 Å². The van der Waals surface area contributed by atoms with E-state index in [0.29, 0.717) is 23.7 Å². The topological polar surface area (TPSA) is 76.1 Å². The monoisotopic (exact) mass is 366 g/mol. The summed E-state index contributed by atoms with van der Waals surface area (Å²) in [6, 6.07) is 13.4. The molecule has 0 saturated heterocycles. The molecule has 1 aromatic heterocycles. The van der Waals surface area contributed by atoms with Gasteiger partial charge >= 0.3 is 0 Å². The number of hydrogen-bond acceptors (Lipinski definition) is 5. The number of carbonyl (C=O) groups excluding carboxylic acids is 1. The highest BCUT2D eigenvalue weighted by atomic mass is 19.1. The lowest BCUT2D eigenvalue weighted by atomic mass is 10.1. The predicted octanol–water partition coefficient (Wildman–Crippen LogP) is 3.53. The van der Waals surface area contributed by atoms with Gasteiger partial charge in [0.05, 0.1) is 12.7 Å². The molecule has 0 bridgehead atoms. The van der Waals surface area contributed by atoms with E-state index in [0.717, 1.165) is 17.7 Å². The van der Waals surface area contributed by atoms with E-state index in [-0.39, 0.29) is 11.7 Å². The van der Waals surface area contributed by atoms with Gasteiger partial charge in [-0.3, -0.25) is 4.79 Å². The molecular formula is C20H19FN4O2. The van der Waals surface area contributed by atoms with Crippen molar-refractivity contribution in [2.24, 2.45) is 0 Å². The second kappa shape index (κ2) is 8.75. The highest BCUT2D eigenvalue weighted by Crippen LogP contribution is 2.13. The maximum atomic E-state index is 12.9. The number of methoxy groups -OCH3 is 1. The third kappa shape index (κ3) is 5.24. The Morgan fingerprint density at radius 1 is 1.11 bits per heavy atom. The van der Waals surface area contributed by atoms with Crippen LogP contribution in [0.1, 0.15) is 15.9 Å². The van der Waals surface area contributed by atoms with E-state index in [9.17, 15) is 9.18 Å². The molecule has 0 unspecified atom stereocenters. The number of hydrogen-bond donors (Lipinski definition) is 2. The Hall–Kier alpha value is -3.48. The lowest BCUT2D eigenvalue weighted by molar-refractivity contribution is 0.102. The number of anilines is 2. The third-order valence-electron chi connectivity index (χ3n) is 3.85. The van der Waals surface area contributed by atoms with Crippen molar-refractivity contribution in [3.05, 3.63) is 77.9 Å². The average Bonchev–Trinajstić information content (AvgIpc) is 2.70. The van der Waals surface area contributed by atoms with Crippen molar-refractivity contribution in [1.82, 2.24) is 9.97 Å². The van der Waals surface area contributed by atoms with Gasteiger partial charge in [-0.2, -0.15) is 0 Å². The maximum absolute atomic E-state index is 12.9. The van der Waals surface area contributed by atoms with Crippen molar-refractivity contribution in [2.45, 2.75) is 6.42 Å². The van der Waals surface area contributed by atoms with Gasteiger partial charge in [-0.15, -0.1) is 0 Å². The molecule has 0 saturated carbocycles. The van der Waals surface area contributed by atoms with Crippen molar-refractivity contribution in [2.75, 3.05) is 24.3 Å². The van der Waals surface area contributed by atoms with E-state index >= 15 is 0 Å². The van der Waals surface area contributed by atoms with Crippen molar-refractivity contribution < 1.29 is 13.9 Å². The number of nitrogens with zero attached hydrogens (tertiary/aromatic N) is 2. The molecule has 0 spiro atoms. The van der Waals surface area contributed by atoms with E-state index < -0.39 is 0 Å². The molecule has 138 valence electrons. The average molecular weight is 366 g/mol. The lowest BCUT2D eigenvalue weighted by Gasteiger charge is -2.07. The first-order chi connectivity index (χ1) is 13.1. The van der Waals surface area contributed by atoms with Crippen molar-refractivity contribution in [3.63, 3.8) is 0 Å². The summed E-state index contributed by atoms with van der Waals surface area (Å²) in [6.07, 6.45) is 3.67. The van der Waals surface area contributed by atoms with Gasteiger partial charge < -0.3 is 15.4 Å². The van der Waals surface area contributed by atoms with Gasteiger partial charge in [-0.25, -0.2) is 14.4 Å². The summed E-state index contributed by atoms with van der Waals surface area (Å²) in [5, 5.41) is 5.78. The SMILES string of the molecule is COc1cccc(CCNc2ncc(C(=O)Nc3ccc(F)cc3)cn2)c1. The summed E-state index contributed by atoms with van der Waals surface area (Å²) in [4.78, 5) is 20.5. The predicted molar refractivity (Wildman–Crippen MR) is 102 cm³/mol. The fraction of sp³-hybridized carbons (Fsp3) is 0.150. The van der Waals surface area contributed by atoms with Gasteiger partial charge in [-0.05, 0) is 48.4 Å². The van der Waals surface area contributed by atoms with Crippen LogP contribution in [0.3, 0.4) is 0 Å². The molecule has 2 N–H and O–H groups in total. The molecule has 1 heterocycles. The number of ether oxygens (including phenoxy) is 1. The standard InChI is InChI=1S/C20H19FN4O2/c1-27-18-4-2-3-14(11-18)9-10-22-20-23-12-15(13-24-20)19(26)25-17-7-5-16(21)6-8-17/h2-8,11-13H,9-10H2,1H3,(H,25,26)(H,22,23,24). The highest BCUT2D eigenvalue weighted by Gasteiger charge is 2.08. The number of benzene rings is 2. The summed E-state index contributed by atoms with van der Waals surface area (Å²) in [5.41, 5.74) is 1.96. The molecular weight excluding hydrogens is 347 g/mol. The van der Waals surface area contributed by atoms with E-state index in [1.165, 1.54) is 36.7 Å². The molecule has 0 fully saturated rings. The van der Waals surface area contributed by atoms with Gasteiger partial charge in [0.2, 0.25) is 5.95 Å². The number of rotatable bonds is 7. The summed E-state index contributed by atoms with van der Waals surface area (Å²) in [7, 11) is 1.64. The molecule has 2 aromatic carbocycles. The van der Waals surface area contributed by atoms with Gasteiger partial charge in [0.25, 0.3) is 5.91 Å². The summed E-state index contributed by atoms with van der Waals surface area (Å²) >= 11 is 0. The van der Waals surface area contributed by atoms with E-state index in [4.69, 9.17) is 4.74 Å². The van der Waals surface area contributed by atoms with E-state index in [2.05, 4.69) is 20.6 Å². The van der Waals surface area contributed by atoms with Crippen LogP contribution in [0.15, 0.2) is 60.9 Å². The Morgan fingerprint density at radius 3 is 2.56 bits per heavy atom. The van der Waals surface area contributed by atoms with Crippen LogP contribution in [-0.4, -0.2) is 29.5 Å². The Bertz CT molecular complexity index is 899. The van der Waals surface area contributed by atoms with Gasteiger partial charge in [0.15, 0.2) is 0 Å². The summed E-state index contributed by atoms with van der Waals surface area (Å²) in [5.74, 6) is 0.543.